The Labute approximate surface area is 114 Å². The molecule has 2 rings (SSSR count). The number of hydrogen-bond donors (Lipinski definition) is 2. The Bertz CT molecular complexity index is 340. The second kappa shape index (κ2) is 6.37. The van der Waals surface area contributed by atoms with E-state index in [0.717, 1.165) is 44.9 Å². The molecule has 0 aromatic rings. The van der Waals surface area contributed by atoms with Crippen molar-refractivity contribution < 1.29 is 14.7 Å². The second-order valence-electron chi connectivity index (χ2n) is 5.92. The molecule has 5 heteroatoms. The van der Waals surface area contributed by atoms with E-state index < -0.39 is 5.97 Å². The van der Waals surface area contributed by atoms with Crippen molar-refractivity contribution in [2.45, 2.75) is 63.5 Å². The lowest BCUT2D eigenvalue weighted by atomic mass is 9.85. The van der Waals surface area contributed by atoms with E-state index in [1.54, 1.807) is 4.90 Å². The van der Waals surface area contributed by atoms with Gasteiger partial charge in [-0.1, -0.05) is 19.3 Å². The van der Waals surface area contributed by atoms with Crippen LogP contribution in [-0.4, -0.2) is 40.5 Å². The van der Waals surface area contributed by atoms with Gasteiger partial charge in [0.25, 0.3) is 0 Å². The molecular formula is C14H24N2O3. The van der Waals surface area contributed by atoms with Crippen LogP contribution >= 0.6 is 0 Å². The zero-order chi connectivity index (χ0) is 13.8. The van der Waals surface area contributed by atoms with Crippen LogP contribution in [0.15, 0.2) is 0 Å². The van der Waals surface area contributed by atoms with Gasteiger partial charge in [-0.3, -0.25) is 9.59 Å². The molecule has 2 atom stereocenters. The summed E-state index contributed by atoms with van der Waals surface area (Å²) in [5.74, 6) is -0.964. The lowest BCUT2D eigenvalue weighted by Crippen LogP contribution is -2.47. The molecule has 0 saturated heterocycles. The third-order valence-electron chi connectivity index (χ3n) is 4.42. The van der Waals surface area contributed by atoms with Gasteiger partial charge in [0.15, 0.2) is 0 Å². The van der Waals surface area contributed by atoms with Crippen LogP contribution in [0.2, 0.25) is 0 Å². The van der Waals surface area contributed by atoms with Gasteiger partial charge >= 0.3 is 5.97 Å². The van der Waals surface area contributed by atoms with Crippen molar-refractivity contribution in [3.05, 3.63) is 0 Å². The number of carbonyl (C=O) groups is 2. The van der Waals surface area contributed by atoms with Gasteiger partial charge < -0.3 is 15.7 Å². The number of carboxylic acid groups (broad SMARTS) is 1. The molecule has 5 nitrogen and oxygen atoms in total. The van der Waals surface area contributed by atoms with E-state index in [1.165, 1.54) is 0 Å². The summed E-state index contributed by atoms with van der Waals surface area (Å²) in [5.41, 5.74) is 5.93. The highest BCUT2D eigenvalue weighted by molar-refractivity contribution is 5.83. The van der Waals surface area contributed by atoms with Gasteiger partial charge in [-0.2, -0.15) is 0 Å². The quantitative estimate of drug-likeness (QED) is 0.806. The van der Waals surface area contributed by atoms with E-state index in [9.17, 15) is 9.59 Å². The Kier molecular flexibility index (Phi) is 4.80. The molecule has 3 N–H and O–H groups in total. The lowest BCUT2D eigenvalue weighted by molar-refractivity contribution is -0.149. The van der Waals surface area contributed by atoms with Crippen LogP contribution in [0.1, 0.15) is 51.4 Å². The van der Waals surface area contributed by atoms with Crippen molar-refractivity contribution in [1.29, 1.82) is 0 Å². The number of nitrogens with zero attached hydrogens (tertiary/aromatic N) is 1. The number of carbonyl (C=O) groups excluding carboxylic acids is 1. The topological polar surface area (TPSA) is 83.6 Å². The summed E-state index contributed by atoms with van der Waals surface area (Å²) < 4.78 is 0. The minimum atomic E-state index is -0.916. The summed E-state index contributed by atoms with van der Waals surface area (Å²) >= 11 is 0. The third kappa shape index (κ3) is 3.69. The highest BCUT2D eigenvalue weighted by Gasteiger charge is 2.34. The van der Waals surface area contributed by atoms with Gasteiger partial charge in [0.05, 0.1) is 0 Å². The molecule has 0 aliphatic heterocycles. The lowest BCUT2D eigenvalue weighted by Gasteiger charge is -2.34. The van der Waals surface area contributed by atoms with Crippen molar-refractivity contribution in [2.24, 2.45) is 11.7 Å². The van der Waals surface area contributed by atoms with E-state index in [4.69, 9.17) is 10.8 Å². The highest BCUT2D eigenvalue weighted by atomic mass is 16.4. The van der Waals surface area contributed by atoms with Gasteiger partial charge in [0, 0.05) is 18.0 Å². The highest BCUT2D eigenvalue weighted by Crippen LogP contribution is 2.29. The Morgan fingerprint density at radius 1 is 1.11 bits per heavy atom. The molecule has 0 radical (unpaired) electrons. The molecular weight excluding hydrogens is 244 g/mol. The van der Waals surface area contributed by atoms with Crippen molar-refractivity contribution in [3.8, 4) is 0 Å². The normalized spacial score (nSPS) is 28.3. The zero-order valence-corrected chi connectivity index (χ0v) is 11.4. The molecule has 0 bridgehead atoms. The molecule has 2 aliphatic rings. The maximum atomic E-state index is 12.6. The molecule has 0 heterocycles. The van der Waals surface area contributed by atoms with Crippen LogP contribution in [0, 0.1) is 5.92 Å². The van der Waals surface area contributed by atoms with E-state index >= 15 is 0 Å². The standard InChI is InChI=1S/C14H24N2O3/c15-11-5-3-4-10(8-11)14(19)16(9-13(17)18)12-6-1-2-7-12/h10-12H,1-9,15H2,(H,17,18). The van der Waals surface area contributed by atoms with Crippen LogP contribution in [-0.2, 0) is 9.59 Å². The molecule has 0 aromatic carbocycles. The van der Waals surface area contributed by atoms with Crippen molar-refractivity contribution >= 4 is 11.9 Å². The minimum Gasteiger partial charge on any atom is -0.480 e. The molecule has 2 aliphatic carbocycles. The largest absolute Gasteiger partial charge is 0.480 e. The first-order valence-electron chi connectivity index (χ1n) is 7.35. The predicted molar refractivity (Wildman–Crippen MR) is 71.5 cm³/mol. The van der Waals surface area contributed by atoms with Crippen molar-refractivity contribution in [3.63, 3.8) is 0 Å². The summed E-state index contributed by atoms with van der Waals surface area (Å²) in [7, 11) is 0. The molecule has 19 heavy (non-hydrogen) atoms. The van der Waals surface area contributed by atoms with E-state index in [-0.39, 0.29) is 30.5 Å². The summed E-state index contributed by atoms with van der Waals surface area (Å²) in [5, 5.41) is 9.02. The molecule has 1 amide bonds. The van der Waals surface area contributed by atoms with Gasteiger partial charge in [-0.05, 0) is 32.1 Å². The number of aliphatic carboxylic acids is 1. The number of nitrogens with two attached hydrogens (primary N) is 1. The fraction of sp³-hybridized carbons (Fsp3) is 0.857. The van der Waals surface area contributed by atoms with Crippen LogP contribution < -0.4 is 5.73 Å². The average Bonchev–Trinajstić information content (AvgIpc) is 2.88. The van der Waals surface area contributed by atoms with E-state index in [1.807, 2.05) is 0 Å². The minimum absolute atomic E-state index is 0.0180. The average molecular weight is 268 g/mol. The number of rotatable bonds is 4. The van der Waals surface area contributed by atoms with Gasteiger partial charge in [-0.25, -0.2) is 0 Å². The van der Waals surface area contributed by atoms with Gasteiger partial charge in [-0.15, -0.1) is 0 Å². The third-order valence-corrected chi connectivity index (χ3v) is 4.42. The number of carboxylic acids is 1. The SMILES string of the molecule is NC1CCCC(C(=O)N(CC(=O)O)C2CCCC2)C1. The van der Waals surface area contributed by atoms with Crippen LogP contribution in [0.25, 0.3) is 0 Å². The fourth-order valence-corrected chi connectivity index (χ4v) is 3.44. The summed E-state index contributed by atoms with van der Waals surface area (Å²) in [6, 6.07) is 0.222. The van der Waals surface area contributed by atoms with E-state index in [0.29, 0.717) is 6.42 Å². The smallest absolute Gasteiger partial charge is 0.323 e. The molecule has 0 aromatic heterocycles. The zero-order valence-electron chi connectivity index (χ0n) is 11.4. The first-order valence-corrected chi connectivity index (χ1v) is 7.35. The Morgan fingerprint density at radius 3 is 2.37 bits per heavy atom. The number of amides is 1. The molecule has 2 unspecified atom stereocenters. The summed E-state index contributed by atoms with van der Waals surface area (Å²) in [6.07, 6.45) is 7.60. The molecule has 2 saturated carbocycles. The van der Waals surface area contributed by atoms with Crippen LogP contribution in [0.4, 0.5) is 0 Å². The van der Waals surface area contributed by atoms with Gasteiger partial charge in [0.1, 0.15) is 6.54 Å². The maximum Gasteiger partial charge on any atom is 0.323 e. The summed E-state index contributed by atoms with van der Waals surface area (Å²) in [6.45, 7) is -0.158. The summed E-state index contributed by atoms with van der Waals surface area (Å²) in [4.78, 5) is 25.2. The first kappa shape index (κ1) is 14.3. The molecule has 0 spiro atoms. The van der Waals surface area contributed by atoms with Crippen molar-refractivity contribution in [2.75, 3.05) is 6.54 Å². The van der Waals surface area contributed by atoms with Gasteiger partial charge in [0.2, 0.25) is 5.91 Å². The van der Waals surface area contributed by atoms with Crippen LogP contribution in [0.5, 0.6) is 0 Å². The Hall–Kier alpha value is -1.10. The second-order valence-corrected chi connectivity index (χ2v) is 5.92. The Balaban J connectivity index is 2.03. The van der Waals surface area contributed by atoms with Crippen molar-refractivity contribution in [1.82, 2.24) is 4.90 Å². The monoisotopic (exact) mass is 268 g/mol. The molecule has 2 fully saturated rings. The first-order chi connectivity index (χ1) is 9.08. The van der Waals surface area contributed by atoms with Crippen LogP contribution in [0.3, 0.4) is 0 Å². The van der Waals surface area contributed by atoms with E-state index in [2.05, 4.69) is 0 Å². The maximum absolute atomic E-state index is 12.6. The predicted octanol–water partition coefficient (Wildman–Crippen LogP) is 1.36. The fourth-order valence-electron chi connectivity index (χ4n) is 3.44. The molecule has 108 valence electrons. The Morgan fingerprint density at radius 2 is 1.79 bits per heavy atom. The number of hydrogen-bond acceptors (Lipinski definition) is 3.